The lowest BCUT2D eigenvalue weighted by Gasteiger charge is -2.19. The number of nitrogens with two attached hydrogens (primary N) is 2. The highest BCUT2D eigenvalue weighted by atomic mass is 15.0. The van der Waals surface area contributed by atoms with Crippen molar-refractivity contribution in [3.05, 3.63) is 35.5 Å². The summed E-state index contributed by atoms with van der Waals surface area (Å²) in [6.07, 6.45) is 4.32. The molecule has 1 aromatic heterocycles. The molecule has 0 spiro atoms. The molecule has 0 bridgehead atoms. The van der Waals surface area contributed by atoms with E-state index >= 15 is 0 Å². The minimum Gasteiger partial charge on any atom is -0.346 e. The zero-order valence-corrected chi connectivity index (χ0v) is 12.9. The monoisotopic (exact) mass is 273 g/mol. The quantitative estimate of drug-likeness (QED) is 0.880. The lowest BCUT2D eigenvalue weighted by Crippen LogP contribution is -2.11. The SMILES string of the molecule is CC(C)(C)c1ccc2c(c1)c(CCCN)cn2CCN. The molecule has 3 heteroatoms. The number of hydrogen-bond acceptors (Lipinski definition) is 2. The van der Waals surface area contributed by atoms with E-state index < -0.39 is 0 Å². The lowest BCUT2D eigenvalue weighted by atomic mass is 9.86. The molecule has 0 aliphatic heterocycles. The number of aryl methyl sites for hydroxylation is 1. The Balaban J connectivity index is 2.52. The summed E-state index contributed by atoms with van der Waals surface area (Å²) in [5, 5.41) is 1.36. The highest BCUT2D eigenvalue weighted by molar-refractivity contribution is 5.85. The highest BCUT2D eigenvalue weighted by Gasteiger charge is 2.16. The second kappa shape index (κ2) is 5.98. The van der Waals surface area contributed by atoms with Crippen molar-refractivity contribution in [2.75, 3.05) is 13.1 Å². The van der Waals surface area contributed by atoms with Crippen molar-refractivity contribution in [3.63, 3.8) is 0 Å². The summed E-state index contributed by atoms with van der Waals surface area (Å²) in [5.41, 5.74) is 15.6. The summed E-state index contributed by atoms with van der Waals surface area (Å²) in [5.74, 6) is 0. The molecule has 0 unspecified atom stereocenters. The second-order valence-corrected chi connectivity index (χ2v) is 6.51. The molecule has 0 atom stereocenters. The van der Waals surface area contributed by atoms with E-state index in [-0.39, 0.29) is 5.41 Å². The smallest absolute Gasteiger partial charge is 0.0483 e. The van der Waals surface area contributed by atoms with Gasteiger partial charge in [0.25, 0.3) is 0 Å². The summed E-state index contributed by atoms with van der Waals surface area (Å²) in [6.45, 7) is 9.04. The van der Waals surface area contributed by atoms with Gasteiger partial charge in [0.1, 0.15) is 0 Å². The van der Waals surface area contributed by atoms with Crippen molar-refractivity contribution in [3.8, 4) is 0 Å². The van der Waals surface area contributed by atoms with Crippen LogP contribution in [0.2, 0.25) is 0 Å². The molecule has 0 saturated carbocycles. The molecule has 3 nitrogen and oxygen atoms in total. The first-order valence-electron chi connectivity index (χ1n) is 7.49. The summed E-state index contributed by atoms with van der Waals surface area (Å²) in [7, 11) is 0. The molecule has 0 amide bonds. The Morgan fingerprint density at radius 1 is 1.10 bits per heavy atom. The largest absolute Gasteiger partial charge is 0.346 e. The Morgan fingerprint density at radius 2 is 1.85 bits per heavy atom. The number of fused-ring (bicyclic) bond motifs is 1. The maximum Gasteiger partial charge on any atom is 0.0483 e. The number of hydrogen-bond donors (Lipinski definition) is 2. The van der Waals surface area contributed by atoms with Gasteiger partial charge in [0.05, 0.1) is 0 Å². The van der Waals surface area contributed by atoms with Gasteiger partial charge in [0.15, 0.2) is 0 Å². The van der Waals surface area contributed by atoms with Gasteiger partial charge in [-0.3, -0.25) is 0 Å². The predicted octanol–water partition coefficient (Wildman–Crippen LogP) is 2.79. The topological polar surface area (TPSA) is 57.0 Å². The van der Waals surface area contributed by atoms with Crippen LogP contribution in [0.1, 0.15) is 38.3 Å². The molecule has 1 aromatic carbocycles. The normalized spacial score (nSPS) is 12.2. The first kappa shape index (κ1) is 15.1. The number of benzene rings is 1. The molecular formula is C17H27N3. The zero-order chi connectivity index (χ0) is 14.8. The van der Waals surface area contributed by atoms with Gasteiger partial charge >= 0.3 is 0 Å². The zero-order valence-electron chi connectivity index (χ0n) is 12.9. The Bertz CT molecular complexity index is 576. The van der Waals surface area contributed by atoms with Gasteiger partial charge in [0.2, 0.25) is 0 Å². The molecule has 2 aromatic rings. The summed E-state index contributed by atoms with van der Waals surface area (Å²) in [6, 6.07) is 6.81. The van der Waals surface area contributed by atoms with Crippen molar-refractivity contribution in [1.82, 2.24) is 4.57 Å². The van der Waals surface area contributed by atoms with Gasteiger partial charge < -0.3 is 16.0 Å². The van der Waals surface area contributed by atoms with Crippen LogP contribution in [0, 0.1) is 0 Å². The number of rotatable bonds is 5. The molecular weight excluding hydrogens is 246 g/mol. The third kappa shape index (κ3) is 3.05. The Kier molecular flexibility index (Phi) is 4.51. The van der Waals surface area contributed by atoms with E-state index in [9.17, 15) is 0 Å². The maximum absolute atomic E-state index is 5.72. The van der Waals surface area contributed by atoms with Crippen molar-refractivity contribution >= 4 is 10.9 Å². The van der Waals surface area contributed by atoms with Gasteiger partial charge in [-0.05, 0) is 48.1 Å². The lowest BCUT2D eigenvalue weighted by molar-refractivity contribution is 0.591. The van der Waals surface area contributed by atoms with Gasteiger partial charge in [-0.1, -0.05) is 26.8 Å². The first-order chi connectivity index (χ1) is 9.47. The van der Waals surface area contributed by atoms with Crippen LogP contribution in [0.4, 0.5) is 0 Å². The van der Waals surface area contributed by atoms with Crippen LogP contribution in [0.3, 0.4) is 0 Å². The Morgan fingerprint density at radius 3 is 2.45 bits per heavy atom. The summed E-state index contributed by atoms with van der Waals surface area (Å²) in [4.78, 5) is 0. The van der Waals surface area contributed by atoms with Crippen LogP contribution < -0.4 is 11.5 Å². The van der Waals surface area contributed by atoms with Gasteiger partial charge in [-0.15, -0.1) is 0 Å². The second-order valence-electron chi connectivity index (χ2n) is 6.51. The van der Waals surface area contributed by atoms with Gasteiger partial charge in [-0.2, -0.15) is 0 Å². The van der Waals surface area contributed by atoms with Gasteiger partial charge in [0, 0.05) is 30.2 Å². The third-order valence-electron chi connectivity index (χ3n) is 3.85. The highest BCUT2D eigenvalue weighted by Crippen LogP contribution is 2.29. The van der Waals surface area contributed by atoms with E-state index in [1.807, 2.05) is 0 Å². The maximum atomic E-state index is 5.72. The average molecular weight is 273 g/mol. The van der Waals surface area contributed by atoms with Crippen molar-refractivity contribution < 1.29 is 0 Å². The van der Waals surface area contributed by atoms with Crippen LogP contribution in [-0.2, 0) is 18.4 Å². The van der Waals surface area contributed by atoms with Crippen molar-refractivity contribution in [1.29, 1.82) is 0 Å². The molecule has 0 saturated heterocycles. The van der Waals surface area contributed by atoms with E-state index in [4.69, 9.17) is 11.5 Å². The molecule has 0 aliphatic carbocycles. The summed E-state index contributed by atoms with van der Waals surface area (Å²) < 4.78 is 2.27. The van der Waals surface area contributed by atoms with E-state index in [1.54, 1.807) is 0 Å². The van der Waals surface area contributed by atoms with Crippen LogP contribution in [0.15, 0.2) is 24.4 Å². The van der Waals surface area contributed by atoms with Crippen LogP contribution in [0.5, 0.6) is 0 Å². The molecule has 0 fully saturated rings. The number of aromatic nitrogens is 1. The molecule has 110 valence electrons. The first-order valence-corrected chi connectivity index (χ1v) is 7.49. The van der Waals surface area contributed by atoms with Gasteiger partial charge in [-0.25, -0.2) is 0 Å². The standard InChI is InChI=1S/C17H27N3/c1-17(2,3)14-6-7-16-15(11-14)13(5-4-8-18)12-20(16)10-9-19/h6-7,11-12H,4-5,8-10,18-19H2,1-3H3. The fourth-order valence-corrected chi connectivity index (χ4v) is 2.65. The minimum atomic E-state index is 0.176. The Labute approximate surface area is 121 Å². The third-order valence-corrected chi connectivity index (χ3v) is 3.85. The molecule has 4 N–H and O–H groups in total. The van der Waals surface area contributed by atoms with E-state index in [0.717, 1.165) is 25.9 Å². The van der Waals surface area contributed by atoms with Crippen molar-refractivity contribution in [2.24, 2.45) is 11.5 Å². The van der Waals surface area contributed by atoms with E-state index in [0.29, 0.717) is 6.54 Å². The molecule has 0 aliphatic rings. The average Bonchev–Trinajstić information content (AvgIpc) is 2.74. The fraction of sp³-hybridized carbons (Fsp3) is 0.529. The molecule has 20 heavy (non-hydrogen) atoms. The Hall–Kier alpha value is -1.32. The van der Waals surface area contributed by atoms with E-state index in [2.05, 4.69) is 49.7 Å². The van der Waals surface area contributed by atoms with Crippen molar-refractivity contribution in [2.45, 2.75) is 45.6 Å². The molecule has 2 rings (SSSR count). The van der Waals surface area contributed by atoms with E-state index in [1.165, 1.54) is 22.0 Å². The fourth-order valence-electron chi connectivity index (χ4n) is 2.65. The molecule has 0 radical (unpaired) electrons. The van der Waals surface area contributed by atoms with Crippen LogP contribution >= 0.6 is 0 Å². The number of nitrogens with zero attached hydrogens (tertiary/aromatic N) is 1. The minimum absolute atomic E-state index is 0.176. The van der Waals surface area contributed by atoms with Crippen LogP contribution in [0.25, 0.3) is 10.9 Å². The predicted molar refractivity (Wildman–Crippen MR) is 87.1 cm³/mol. The summed E-state index contributed by atoms with van der Waals surface area (Å²) >= 11 is 0. The van der Waals surface area contributed by atoms with Crippen LogP contribution in [-0.4, -0.2) is 17.7 Å². The molecule has 1 heterocycles.